The summed E-state index contributed by atoms with van der Waals surface area (Å²) in [7, 11) is 1.73. The zero-order valence-electron chi connectivity index (χ0n) is 17.7. The van der Waals surface area contributed by atoms with E-state index in [2.05, 4.69) is 16.7 Å². The van der Waals surface area contributed by atoms with Crippen LogP contribution in [-0.4, -0.2) is 85.0 Å². The molecule has 0 bridgehead atoms. The molecule has 6 nitrogen and oxygen atoms in total. The Labute approximate surface area is 173 Å². The molecule has 3 aliphatic rings. The predicted molar refractivity (Wildman–Crippen MR) is 111 cm³/mol. The van der Waals surface area contributed by atoms with Crippen molar-refractivity contribution < 1.29 is 14.3 Å². The van der Waals surface area contributed by atoms with E-state index in [0.717, 1.165) is 57.7 Å². The van der Waals surface area contributed by atoms with Crippen LogP contribution in [0.3, 0.4) is 0 Å². The van der Waals surface area contributed by atoms with E-state index in [1.807, 2.05) is 35.2 Å². The van der Waals surface area contributed by atoms with Gasteiger partial charge < -0.3 is 14.5 Å². The molecule has 0 aromatic heterocycles. The highest BCUT2D eigenvalue weighted by atomic mass is 16.5. The molecular weight excluding hydrogens is 366 g/mol. The lowest BCUT2D eigenvalue weighted by Crippen LogP contribution is -2.58. The molecule has 1 spiro atoms. The smallest absolute Gasteiger partial charge is 0.227 e. The van der Waals surface area contributed by atoms with Crippen molar-refractivity contribution in [3.05, 3.63) is 35.9 Å². The minimum absolute atomic E-state index is 0.0815. The second-order valence-electron chi connectivity index (χ2n) is 8.69. The van der Waals surface area contributed by atoms with E-state index in [9.17, 15) is 9.59 Å². The van der Waals surface area contributed by atoms with Crippen molar-refractivity contribution in [1.29, 1.82) is 0 Å². The Kier molecular flexibility index (Phi) is 5.93. The van der Waals surface area contributed by atoms with Gasteiger partial charge in [0.25, 0.3) is 0 Å². The Morgan fingerprint density at radius 1 is 1.17 bits per heavy atom. The summed E-state index contributed by atoms with van der Waals surface area (Å²) in [5.74, 6) is 1.00. The molecule has 0 unspecified atom stereocenters. The van der Waals surface area contributed by atoms with E-state index in [-0.39, 0.29) is 17.4 Å². The molecular formula is C23H33N3O3. The van der Waals surface area contributed by atoms with Gasteiger partial charge in [-0.3, -0.25) is 14.5 Å². The maximum Gasteiger partial charge on any atom is 0.227 e. The van der Waals surface area contributed by atoms with Crippen molar-refractivity contribution in [2.24, 2.45) is 11.8 Å². The lowest BCUT2D eigenvalue weighted by Gasteiger charge is -2.48. The van der Waals surface area contributed by atoms with Gasteiger partial charge in [0.1, 0.15) is 0 Å². The van der Waals surface area contributed by atoms with Gasteiger partial charge in [0.2, 0.25) is 11.8 Å². The molecule has 158 valence electrons. The first-order valence-corrected chi connectivity index (χ1v) is 10.9. The van der Waals surface area contributed by atoms with Gasteiger partial charge >= 0.3 is 0 Å². The normalized spacial score (nSPS) is 26.3. The van der Waals surface area contributed by atoms with Crippen molar-refractivity contribution in [1.82, 2.24) is 14.7 Å². The fraction of sp³-hybridized carbons (Fsp3) is 0.652. The molecule has 0 radical (unpaired) electrons. The summed E-state index contributed by atoms with van der Waals surface area (Å²) < 4.78 is 5.24. The molecule has 3 saturated heterocycles. The quantitative estimate of drug-likeness (QED) is 0.730. The minimum atomic E-state index is -0.0815. The van der Waals surface area contributed by atoms with Crippen LogP contribution in [0.4, 0.5) is 0 Å². The SMILES string of the molecule is CCN1C(=O)[C@@H]2CN(CCOC)C[C@@H]2C12CCN(C(=O)Cc1ccccc1)CC2. The van der Waals surface area contributed by atoms with E-state index in [0.29, 0.717) is 24.9 Å². The number of hydrogen-bond donors (Lipinski definition) is 0. The first-order chi connectivity index (χ1) is 14.1. The molecule has 3 heterocycles. The van der Waals surface area contributed by atoms with Gasteiger partial charge in [-0.2, -0.15) is 0 Å². The van der Waals surface area contributed by atoms with Gasteiger partial charge in [-0.25, -0.2) is 0 Å². The average Bonchev–Trinajstić information content (AvgIpc) is 3.26. The monoisotopic (exact) mass is 399 g/mol. The van der Waals surface area contributed by atoms with Crippen LogP contribution >= 0.6 is 0 Å². The summed E-state index contributed by atoms with van der Waals surface area (Å²) in [5.41, 5.74) is 0.982. The Morgan fingerprint density at radius 2 is 1.90 bits per heavy atom. The molecule has 0 saturated carbocycles. The van der Waals surface area contributed by atoms with E-state index in [1.165, 1.54) is 0 Å². The first kappa shape index (κ1) is 20.4. The number of methoxy groups -OCH3 is 1. The zero-order chi connectivity index (χ0) is 20.4. The van der Waals surface area contributed by atoms with Crippen molar-refractivity contribution in [2.45, 2.75) is 31.7 Å². The van der Waals surface area contributed by atoms with Gasteiger partial charge in [0.15, 0.2) is 0 Å². The van der Waals surface area contributed by atoms with Crippen molar-refractivity contribution >= 4 is 11.8 Å². The minimum Gasteiger partial charge on any atom is -0.383 e. The number of nitrogens with zero attached hydrogens (tertiary/aromatic N) is 3. The number of hydrogen-bond acceptors (Lipinski definition) is 4. The van der Waals surface area contributed by atoms with Crippen LogP contribution in [-0.2, 0) is 20.7 Å². The Morgan fingerprint density at radius 3 is 2.55 bits per heavy atom. The van der Waals surface area contributed by atoms with E-state index in [1.54, 1.807) is 7.11 Å². The summed E-state index contributed by atoms with van der Waals surface area (Å²) in [6.07, 6.45) is 2.25. The van der Waals surface area contributed by atoms with Gasteiger partial charge in [0, 0.05) is 52.3 Å². The Balaban J connectivity index is 1.44. The molecule has 2 amide bonds. The summed E-state index contributed by atoms with van der Waals surface area (Å²) in [4.78, 5) is 32.5. The van der Waals surface area contributed by atoms with E-state index >= 15 is 0 Å². The fourth-order valence-electron chi connectivity index (χ4n) is 5.84. The molecule has 3 aliphatic heterocycles. The van der Waals surface area contributed by atoms with Crippen LogP contribution in [0.5, 0.6) is 0 Å². The zero-order valence-corrected chi connectivity index (χ0v) is 17.7. The maximum atomic E-state index is 13.2. The van der Waals surface area contributed by atoms with Crippen molar-refractivity contribution in [3.8, 4) is 0 Å². The largest absolute Gasteiger partial charge is 0.383 e. The molecule has 1 aromatic rings. The Bertz CT molecular complexity index is 730. The second kappa shape index (κ2) is 8.44. The summed E-state index contributed by atoms with van der Waals surface area (Å²) in [6.45, 7) is 7.77. The second-order valence-corrected chi connectivity index (χ2v) is 8.69. The number of amides is 2. The average molecular weight is 400 g/mol. The lowest BCUT2D eigenvalue weighted by atomic mass is 9.74. The molecule has 3 fully saturated rings. The number of fused-ring (bicyclic) bond motifs is 2. The number of likely N-dealkylation sites (tertiary alicyclic amines) is 3. The number of carbonyl (C=O) groups is 2. The number of ether oxygens (including phenoxy) is 1. The predicted octanol–water partition coefficient (Wildman–Crippen LogP) is 1.65. The standard InChI is InChI=1S/C23H33N3O3/c1-3-26-22(28)19-16-24(13-14-29-2)17-20(19)23(26)9-11-25(12-10-23)21(27)15-18-7-5-4-6-8-18/h4-8,19-20H,3,9-17H2,1-2H3/t19-,20+/m1/s1. The third-order valence-corrected chi connectivity index (χ3v) is 7.31. The van der Waals surface area contributed by atoms with Crippen molar-refractivity contribution in [3.63, 3.8) is 0 Å². The molecule has 0 N–H and O–H groups in total. The maximum absolute atomic E-state index is 13.2. The van der Waals surface area contributed by atoms with Gasteiger partial charge in [0.05, 0.1) is 24.5 Å². The van der Waals surface area contributed by atoms with Crippen molar-refractivity contribution in [2.75, 3.05) is 53.0 Å². The topological polar surface area (TPSA) is 53.1 Å². The number of piperidine rings is 1. The van der Waals surface area contributed by atoms with E-state index in [4.69, 9.17) is 4.74 Å². The van der Waals surface area contributed by atoms with E-state index < -0.39 is 0 Å². The lowest BCUT2D eigenvalue weighted by molar-refractivity contribution is -0.138. The van der Waals surface area contributed by atoms with Crippen LogP contribution in [0, 0.1) is 11.8 Å². The van der Waals surface area contributed by atoms with Crippen LogP contribution in [0.25, 0.3) is 0 Å². The fourth-order valence-corrected chi connectivity index (χ4v) is 5.84. The first-order valence-electron chi connectivity index (χ1n) is 10.9. The summed E-state index contributed by atoms with van der Waals surface area (Å²) >= 11 is 0. The van der Waals surface area contributed by atoms with Gasteiger partial charge in [-0.05, 0) is 25.3 Å². The molecule has 29 heavy (non-hydrogen) atoms. The molecule has 1 aromatic carbocycles. The number of carbonyl (C=O) groups excluding carboxylic acids is 2. The van der Waals surface area contributed by atoms with Gasteiger partial charge in [-0.1, -0.05) is 30.3 Å². The Hall–Kier alpha value is -1.92. The van der Waals surface area contributed by atoms with Crippen LogP contribution in [0.15, 0.2) is 30.3 Å². The molecule has 2 atom stereocenters. The summed E-state index contributed by atoms with van der Waals surface area (Å²) in [5, 5.41) is 0. The number of benzene rings is 1. The summed E-state index contributed by atoms with van der Waals surface area (Å²) in [6, 6.07) is 9.95. The van der Waals surface area contributed by atoms with Gasteiger partial charge in [-0.15, -0.1) is 0 Å². The highest BCUT2D eigenvalue weighted by molar-refractivity contribution is 5.84. The van der Waals surface area contributed by atoms with Crippen LogP contribution < -0.4 is 0 Å². The third-order valence-electron chi connectivity index (χ3n) is 7.31. The molecule has 6 heteroatoms. The highest BCUT2D eigenvalue weighted by Gasteiger charge is 2.61. The molecule has 4 rings (SSSR count). The van der Waals surface area contributed by atoms with Crippen LogP contribution in [0.1, 0.15) is 25.3 Å². The highest BCUT2D eigenvalue weighted by Crippen LogP contribution is 2.49. The van der Waals surface area contributed by atoms with Crippen LogP contribution in [0.2, 0.25) is 0 Å². The third kappa shape index (κ3) is 3.68. The number of rotatable bonds is 6. The molecule has 0 aliphatic carbocycles.